The number of nitrogens with zero attached hydrogens (tertiary/aromatic N) is 2. The molecule has 1 atom stereocenters. The van der Waals surface area contributed by atoms with E-state index in [9.17, 15) is 4.79 Å². The van der Waals surface area contributed by atoms with E-state index in [4.69, 9.17) is 5.21 Å². The number of amides is 1. The summed E-state index contributed by atoms with van der Waals surface area (Å²) in [7, 11) is 0. The van der Waals surface area contributed by atoms with Crippen molar-refractivity contribution < 1.29 is 10.0 Å². The molecule has 0 aliphatic rings. The van der Waals surface area contributed by atoms with E-state index in [1.807, 2.05) is 37.3 Å². The van der Waals surface area contributed by atoms with Crippen LogP contribution in [0.4, 0.5) is 5.13 Å². The minimum Gasteiger partial charge on any atom is -0.411 e. The zero-order chi connectivity index (χ0) is 14.5. The molecule has 2 aromatic rings. The second-order valence-corrected chi connectivity index (χ2v) is 5.20. The lowest BCUT2D eigenvalue weighted by Crippen LogP contribution is -2.18. The first kappa shape index (κ1) is 14.2. The van der Waals surface area contributed by atoms with Crippen molar-refractivity contribution in [2.45, 2.75) is 19.8 Å². The molecule has 6 heteroatoms. The van der Waals surface area contributed by atoms with E-state index in [-0.39, 0.29) is 11.8 Å². The maximum atomic E-state index is 12.1. The number of oxime groups is 1. The summed E-state index contributed by atoms with van der Waals surface area (Å²) in [4.78, 5) is 16.3. The third-order valence-corrected chi connectivity index (χ3v) is 3.71. The minimum atomic E-state index is -0.254. The van der Waals surface area contributed by atoms with E-state index >= 15 is 0 Å². The number of nitrogens with one attached hydrogen (secondary N) is 1. The summed E-state index contributed by atoms with van der Waals surface area (Å²) in [5.74, 6) is -0.369. The summed E-state index contributed by atoms with van der Waals surface area (Å²) in [6.07, 6.45) is 0. The standard InChI is InChI=1S/C14H15N3O2S/c1-9(11-6-4-3-5-7-11)13(18)16-14-15-12(8-20-14)10(2)17-19/h3-9,19H,1-2H3,(H,15,16,18)/b17-10+. The van der Waals surface area contributed by atoms with Crippen molar-refractivity contribution >= 4 is 28.1 Å². The van der Waals surface area contributed by atoms with Gasteiger partial charge in [-0.2, -0.15) is 0 Å². The fourth-order valence-electron chi connectivity index (χ4n) is 1.66. The first-order chi connectivity index (χ1) is 9.61. The fraction of sp³-hybridized carbons (Fsp3) is 0.214. The predicted octanol–water partition coefficient (Wildman–Crippen LogP) is 3.08. The molecule has 0 fully saturated rings. The predicted molar refractivity (Wildman–Crippen MR) is 79.6 cm³/mol. The van der Waals surface area contributed by atoms with Crippen LogP contribution in [0, 0.1) is 0 Å². The van der Waals surface area contributed by atoms with Crippen LogP contribution >= 0.6 is 11.3 Å². The highest BCUT2D eigenvalue weighted by Crippen LogP contribution is 2.20. The number of carbonyl (C=O) groups is 1. The van der Waals surface area contributed by atoms with E-state index in [2.05, 4.69) is 15.5 Å². The van der Waals surface area contributed by atoms with Crippen LogP contribution in [0.3, 0.4) is 0 Å². The third-order valence-electron chi connectivity index (χ3n) is 2.95. The Morgan fingerprint density at radius 3 is 2.75 bits per heavy atom. The normalized spacial score (nSPS) is 13.0. The summed E-state index contributed by atoms with van der Waals surface area (Å²) in [6, 6.07) is 9.56. The Kier molecular flexibility index (Phi) is 4.47. The SMILES string of the molecule is C/C(=N\O)c1csc(NC(=O)C(C)c2ccccc2)n1. The fourth-order valence-corrected chi connectivity index (χ4v) is 2.41. The molecule has 2 N–H and O–H groups in total. The molecule has 5 nitrogen and oxygen atoms in total. The van der Waals surface area contributed by atoms with Gasteiger partial charge in [0.25, 0.3) is 0 Å². The van der Waals surface area contributed by atoms with Gasteiger partial charge in [0.15, 0.2) is 5.13 Å². The van der Waals surface area contributed by atoms with Crippen LogP contribution in [0.1, 0.15) is 31.0 Å². The number of hydrogen-bond acceptors (Lipinski definition) is 5. The molecular weight excluding hydrogens is 274 g/mol. The highest BCUT2D eigenvalue weighted by Gasteiger charge is 2.16. The molecule has 1 unspecified atom stereocenters. The Labute approximate surface area is 121 Å². The molecule has 2 rings (SSSR count). The third kappa shape index (κ3) is 3.21. The molecule has 0 bridgehead atoms. The highest BCUT2D eigenvalue weighted by atomic mass is 32.1. The lowest BCUT2D eigenvalue weighted by Gasteiger charge is -2.10. The molecular formula is C14H15N3O2S. The summed E-state index contributed by atoms with van der Waals surface area (Å²) >= 11 is 1.30. The average Bonchev–Trinajstić information content (AvgIpc) is 2.95. The molecule has 1 aromatic carbocycles. The Hall–Kier alpha value is -2.21. The van der Waals surface area contributed by atoms with Crippen LogP contribution in [0.5, 0.6) is 0 Å². The Bertz CT molecular complexity index is 622. The molecule has 1 heterocycles. The molecule has 0 saturated heterocycles. The Morgan fingerprint density at radius 1 is 1.40 bits per heavy atom. The monoisotopic (exact) mass is 289 g/mol. The summed E-state index contributed by atoms with van der Waals surface area (Å²) < 4.78 is 0. The van der Waals surface area contributed by atoms with Gasteiger partial charge in [0, 0.05) is 5.38 Å². The van der Waals surface area contributed by atoms with Crippen molar-refractivity contribution in [3.63, 3.8) is 0 Å². The number of aromatic nitrogens is 1. The minimum absolute atomic E-state index is 0.115. The number of benzene rings is 1. The molecule has 1 amide bonds. The van der Waals surface area contributed by atoms with Gasteiger partial charge in [0.05, 0.1) is 5.92 Å². The van der Waals surface area contributed by atoms with Crippen LogP contribution in [-0.4, -0.2) is 21.8 Å². The van der Waals surface area contributed by atoms with Gasteiger partial charge in [-0.15, -0.1) is 11.3 Å². The van der Waals surface area contributed by atoms with Gasteiger partial charge in [0.2, 0.25) is 5.91 Å². The van der Waals surface area contributed by atoms with Crippen LogP contribution in [0.25, 0.3) is 0 Å². The van der Waals surface area contributed by atoms with Crippen LogP contribution in [-0.2, 0) is 4.79 Å². The van der Waals surface area contributed by atoms with Gasteiger partial charge in [-0.25, -0.2) is 4.98 Å². The quantitative estimate of drug-likeness (QED) is 0.516. The molecule has 0 saturated carbocycles. The van der Waals surface area contributed by atoms with Crippen molar-refractivity contribution in [3.8, 4) is 0 Å². The maximum Gasteiger partial charge on any atom is 0.233 e. The Balaban J connectivity index is 2.06. The van der Waals surface area contributed by atoms with Crippen molar-refractivity contribution in [2.75, 3.05) is 5.32 Å². The lowest BCUT2D eigenvalue weighted by atomic mass is 10.0. The van der Waals surface area contributed by atoms with Crippen LogP contribution < -0.4 is 5.32 Å². The maximum absolute atomic E-state index is 12.1. The summed E-state index contributed by atoms with van der Waals surface area (Å²) in [5.41, 5.74) is 1.92. The smallest absolute Gasteiger partial charge is 0.233 e. The van der Waals surface area contributed by atoms with Gasteiger partial charge in [-0.3, -0.25) is 4.79 Å². The summed E-state index contributed by atoms with van der Waals surface area (Å²) in [5, 5.41) is 16.8. The number of thiazole rings is 1. The molecule has 0 aliphatic heterocycles. The second kappa shape index (κ2) is 6.29. The van der Waals surface area contributed by atoms with E-state index in [1.165, 1.54) is 11.3 Å². The van der Waals surface area contributed by atoms with Gasteiger partial charge in [-0.05, 0) is 19.4 Å². The van der Waals surface area contributed by atoms with E-state index < -0.39 is 0 Å². The van der Waals surface area contributed by atoms with Gasteiger partial charge < -0.3 is 10.5 Å². The first-order valence-electron chi connectivity index (χ1n) is 6.12. The van der Waals surface area contributed by atoms with E-state index in [0.717, 1.165) is 5.56 Å². The van der Waals surface area contributed by atoms with Gasteiger partial charge in [0.1, 0.15) is 11.4 Å². The zero-order valence-electron chi connectivity index (χ0n) is 11.2. The number of rotatable bonds is 4. The molecule has 0 spiro atoms. The lowest BCUT2D eigenvalue weighted by molar-refractivity contribution is -0.117. The van der Waals surface area contributed by atoms with Crippen molar-refractivity contribution in [1.29, 1.82) is 0 Å². The topological polar surface area (TPSA) is 74.6 Å². The highest BCUT2D eigenvalue weighted by molar-refractivity contribution is 7.14. The molecule has 0 aliphatic carbocycles. The second-order valence-electron chi connectivity index (χ2n) is 4.34. The average molecular weight is 289 g/mol. The van der Waals surface area contributed by atoms with Crippen molar-refractivity contribution in [3.05, 3.63) is 47.0 Å². The van der Waals surface area contributed by atoms with Crippen LogP contribution in [0.2, 0.25) is 0 Å². The number of carbonyl (C=O) groups excluding carboxylic acids is 1. The first-order valence-corrected chi connectivity index (χ1v) is 7.00. The van der Waals surface area contributed by atoms with E-state index in [0.29, 0.717) is 16.5 Å². The van der Waals surface area contributed by atoms with Crippen molar-refractivity contribution in [2.24, 2.45) is 5.16 Å². The molecule has 0 radical (unpaired) electrons. The zero-order valence-corrected chi connectivity index (χ0v) is 12.0. The number of anilines is 1. The Morgan fingerprint density at radius 2 is 2.10 bits per heavy atom. The summed E-state index contributed by atoms with van der Waals surface area (Å²) in [6.45, 7) is 3.49. The van der Waals surface area contributed by atoms with E-state index in [1.54, 1.807) is 12.3 Å². The molecule has 104 valence electrons. The molecule has 1 aromatic heterocycles. The van der Waals surface area contributed by atoms with Gasteiger partial charge >= 0.3 is 0 Å². The van der Waals surface area contributed by atoms with Crippen LogP contribution in [0.15, 0.2) is 40.9 Å². The number of hydrogen-bond donors (Lipinski definition) is 2. The largest absolute Gasteiger partial charge is 0.411 e. The molecule has 20 heavy (non-hydrogen) atoms. The van der Waals surface area contributed by atoms with Crippen molar-refractivity contribution in [1.82, 2.24) is 4.98 Å². The van der Waals surface area contributed by atoms with Gasteiger partial charge in [-0.1, -0.05) is 35.5 Å².